The topological polar surface area (TPSA) is 76.9 Å². The summed E-state index contributed by atoms with van der Waals surface area (Å²) in [7, 11) is 0. The minimum absolute atomic E-state index is 0.00472. The highest BCUT2D eigenvalue weighted by Crippen LogP contribution is 2.22. The van der Waals surface area contributed by atoms with Gasteiger partial charge in [0.2, 0.25) is 11.0 Å². The van der Waals surface area contributed by atoms with E-state index < -0.39 is 0 Å². The van der Waals surface area contributed by atoms with Crippen molar-refractivity contribution in [1.29, 1.82) is 0 Å². The third-order valence-electron chi connectivity index (χ3n) is 2.46. The molecule has 0 atom stereocenters. The predicted octanol–water partition coefficient (Wildman–Crippen LogP) is 1.83. The number of anilines is 1. The van der Waals surface area contributed by atoms with E-state index in [0.29, 0.717) is 5.13 Å². The normalized spacial score (nSPS) is 10.9. The van der Waals surface area contributed by atoms with Crippen LogP contribution in [0, 0.1) is 6.92 Å². The second kappa shape index (κ2) is 5.62. The van der Waals surface area contributed by atoms with E-state index in [1.54, 1.807) is 12.3 Å². The number of nitrogens with zero attached hydrogens (tertiary/aromatic N) is 3. The molecule has 0 saturated heterocycles. The van der Waals surface area contributed by atoms with Crippen LogP contribution in [0.25, 0.3) is 0 Å². The first-order valence-corrected chi connectivity index (χ1v) is 7.45. The lowest BCUT2D eigenvalue weighted by atomic mass is 10.2. The van der Waals surface area contributed by atoms with Crippen LogP contribution >= 0.6 is 22.7 Å². The highest BCUT2D eigenvalue weighted by molar-refractivity contribution is 7.15. The molecule has 2 heterocycles. The van der Waals surface area contributed by atoms with Crippen molar-refractivity contribution in [3.63, 3.8) is 0 Å². The van der Waals surface area contributed by atoms with E-state index in [1.165, 1.54) is 15.9 Å². The molecule has 0 radical (unpaired) electrons. The van der Waals surface area contributed by atoms with Crippen LogP contribution in [0.1, 0.15) is 30.5 Å². The van der Waals surface area contributed by atoms with Gasteiger partial charge in [0.25, 0.3) is 0 Å². The molecule has 0 aromatic carbocycles. The Morgan fingerprint density at radius 3 is 2.74 bits per heavy atom. The molecule has 0 saturated carbocycles. The molecule has 0 unspecified atom stereocenters. The standard InChI is InChI=1S/C11H14N4O2S2/c1-6(2)9-13-14-10(19-9)12-8(16)4-15-7(3)5-18-11(15)17/h5-6H,4H2,1-3H3,(H,12,14,16). The molecule has 8 heteroatoms. The summed E-state index contributed by atoms with van der Waals surface area (Å²) in [6, 6.07) is 0. The van der Waals surface area contributed by atoms with Crippen LogP contribution in [-0.2, 0) is 11.3 Å². The molecule has 1 amide bonds. The Kier molecular flexibility index (Phi) is 4.11. The lowest BCUT2D eigenvalue weighted by Gasteiger charge is -2.03. The summed E-state index contributed by atoms with van der Waals surface area (Å²) in [5.74, 6) is 0.0138. The first kappa shape index (κ1) is 13.9. The number of aromatic nitrogens is 3. The summed E-state index contributed by atoms with van der Waals surface area (Å²) >= 11 is 2.44. The maximum absolute atomic E-state index is 11.8. The Balaban J connectivity index is 2.03. The van der Waals surface area contributed by atoms with E-state index in [0.717, 1.165) is 22.0 Å². The zero-order valence-corrected chi connectivity index (χ0v) is 12.5. The fourth-order valence-electron chi connectivity index (χ4n) is 1.42. The van der Waals surface area contributed by atoms with E-state index in [1.807, 2.05) is 13.8 Å². The number of hydrogen-bond donors (Lipinski definition) is 1. The molecule has 6 nitrogen and oxygen atoms in total. The molecule has 2 aromatic rings. The smallest absolute Gasteiger partial charge is 0.299 e. The van der Waals surface area contributed by atoms with Crippen LogP contribution in [0.3, 0.4) is 0 Å². The minimum atomic E-state index is -0.268. The van der Waals surface area contributed by atoms with Gasteiger partial charge < -0.3 is 0 Å². The molecule has 0 aliphatic rings. The molecule has 1 N–H and O–H groups in total. The van der Waals surface area contributed by atoms with Gasteiger partial charge in [0, 0.05) is 17.0 Å². The molecular formula is C11H14N4O2S2. The summed E-state index contributed by atoms with van der Waals surface area (Å²) in [5.41, 5.74) is 0.783. The lowest BCUT2D eigenvalue weighted by molar-refractivity contribution is -0.116. The summed E-state index contributed by atoms with van der Waals surface area (Å²) in [4.78, 5) is 23.2. The van der Waals surface area contributed by atoms with Crippen molar-refractivity contribution in [2.75, 3.05) is 5.32 Å². The van der Waals surface area contributed by atoms with Crippen molar-refractivity contribution < 1.29 is 4.79 Å². The van der Waals surface area contributed by atoms with Gasteiger partial charge in [-0.05, 0) is 6.92 Å². The third-order valence-corrected chi connectivity index (χ3v) is 4.48. The molecule has 0 fully saturated rings. The van der Waals surface area contributed by atoms with Gasteiger partial charge in [-0.1, -0.05) is 36.5 Å². The Bertz CT molecular complexity index is 641. The lowest BCUT2D eigenvalue weighted by Crippen LogP contribution is -2.25. The molecule has 2 aromatic heterocycles. The van der Waals surface area contributed by atoms with Gasteiger partial charge in [0.05, 0.1) is 0 Å². The average Bonchev–Trinajstić information content (AvgIpc) is 2.91. The number of carbonyl (C=O) groups excluding carboxylic acids is 1. The van der Waals surface area contributed by atoms with Crippen LogP contribution in [-0.4, -0.2) is 20.7 Å². The van der Waals surface area contributed by atoms with E-state index in [2.05, 4.69) is 15.5 Å². The van der Waals surface area contributed by atoms with E-state index in [-0.39, 0.29) is 23.2 Å². The summed E-state index contributed by atoms with van der Waals surface area (Å²) in [6.45, 7) is 5.83. The van der Waals surface area contributed by atoms with Crippen molar-refractivity contribution in [3.05, 3.63) is 25.7 Å². The highest BCUT2D eigenvalue weighted by atomic mass is 32.1. The molecule has 0 aliphatic carbocycles. The maximum Gasteiger partial charge on any atom is 0.307 e. The summed E-state index contributed by atoms with van der Waals surface area (Å²) in [6.07, 6.45) is 0. The maximum atomic E-state index is 11.8. The first-order chi connectivity index (χ1) is 8.97. The van der Waals surface area contributed by atoms with Gasteiger partial charge in [-0.25, -0.2) is 0 Å². The van der Waals surface area contributed by atoms with E-state index in [4.69, 9.17) is 0 Å². The van der Waals surface area contributed by atoms with Gasteiger partial charge >= 0.3 is 4.87 Å². The number of aryl methyl sites for hydroxylation is 1. The van der Waals surface area contributed by atoms with Crippen molar-refractivity contribution in [1.82, 2.24) is 14.8 Å². The number of rotatable bonds is 4. The number of hydrogen-bond acceptors (Lipinski definition) is 6. The number of carbonyl (C=O) groups is 1. The summed E-state index contributed by atoms with van der Waals surface area (Å²) < 4.78 is 1.43. The van der Waals surface area contributed by atoms with Gasteiger partial charge in [-0.2, -0.15) is 0 Å². The summed E-state index contributed by atoms with van der Waals surface area (Å²) in [5, 5.41) is 13.6. The van der Waals surface area contributed by atoms with Crippen LogP contribution in [0.5, 0.6) is 0 Å². The quantitative estimate of drug-likeness (QED) is 0.934. The zero-order chi connectivity index (χ0) is 14.0. The fraction of sp³-hybridized carbons (Fsp3) is 0.455. The van der Waals surface area contributed by atoms with Crippen LogP contribution in [0.2, 0.25) is 0 Å². The van der Waals surface area contributed by atoms with E-state index >= 15 is 0 Å². The van der Waals surface area contributed by atoms with Crippen molar-refractivity contribution in [2.24, 2.45) is 0 Å². The van der Waals surface area contributed by atoms with Gasteiger partial charge in [0.15, 0.2) is 0 Å². The van der Waals surface area contributed by atoms with Crippen LogP contribution < -0.4 is 10.2 Å². The Labute approximate surface area is 118 Å². The van der Waals surface area contributed by atoms with Crippen molar-refractivity contribution in [2.45, 2.75) is 33.2 Å². The Morgan fingerprint density at radius 1 is 1.47 bits per heavy atom. The zero-order valence-electron chi connectivity index (χ0n) is 10.8. The SMILES string of the molecule is Cc1csc(=O)n1CC(=O)Nc1nnc(C(C)C)s1. The van der Waals surface area contributed by atoms with Gasteiger partial charge in [-0.3, -0.25) is 19.5 Å². The molecule has 2 rings (SSSR count). The monoisotopic (exact) mass is 298 g/mol. The van der Waals surface area contributed by atoms with Gasteiger partial charge in [-0.15, -0.1) is 10.2 Å². The number of amides is 1. The number of nitrogens with one attached hydrogen (secondary N) is 1. The minimum Gasteiger partial charge on any atom is -0.299 e. The Morgan fingerprint density at radius 2 is 2.21 bits per heavy atom. The third kappa shape index (κ3) is 3.27. The molecular weight excluding hydrogens is 284 g/mol. The molecule has 102 valence electrons. The molecule has 0 bridgehead atoms. The molecule has 0 spiro atoms. The largest absolute Gasteiger partial charge is 0.307 e. The Hall–Kier alpha value is -1.54. The predicted molar refractivity (Wildman–Crippen MR) is 75.9 cm³/mol. The van der Waals surface area contributed by atoms with Crippen molar-refractivity contribution >= 4 is 33.7 Å². The van der Waals surface area contributed by atoms with Crippen LogP contribution in [0.4, 0.5) is 5.13 Å². The molecule has 19 heavy (non-hydrogen) atoms. The fourth-order valence-corrected chi connectivity index (χ4v) is 2.91. The second-order valence-electron chi connectivity index (χ2n) is 4.38. The molecule has 0 aliphatic heterocycles. The second-order valence-corrected chi connectivity index (χ2v) is 6.21. The van der Waals surface area contributed by atoms with Crippen molar-refractivity contribution in [3.8, 4) is 0 Å². The van der Waals surface area contributed by atoms with Gasteiger partial charge in [0.1, 0.15) is 11.6 Å². The van der Waals surface area contributed by atoms with Crippen LogP contribution in [0.15, 0.2) is 10.2 Å². The number of thiazole rings is 1. The van der Waals surface area contributed by atoms with E-state index in [9.17, 15) is 9.59 Å². The first-order valence-electron chi connectivity index (χ1n) is 5.75. The highest BCUT2D eigenvalue weighted by Gasteiger charge is 2.12. The average molecular weight is 298 g/mol.